The fourth-order valence-corrected chi connectivity index (χ4v) is 2.64. The monoisotopic (exact) mass is 507 g/mol. The number of nitrogens with zero attached hydrogens (tertiary/aromatic N) is 9. The summed E-state index contributed by atoms with van der Waals surface area (Å²) < 4.78 is 7.01. The highest BCUT2D eigenvalue weighted by molar-refractivity contribution is 5.21. The Morgan fingerprint density at radius 1 is 0.730 bits per heavy atom. The van der Waals surface area contributed by atoms with Crippen LogP contribution in [0, 0.1) is 41.5 Å². The molecule has 5 heterocycles. The lowest BCUT2D eigenvalue weighted by atomic mass is 10.2. The van der Waals surface area contributed by atoms with Gasteiger partial charge in [0.2, 0.25) is 0 Å². The van der Waals surface area contributed by atoms with Gasteiger partial charge >= 0.3 is 0 Å². The topological polar surface area (TPSA) is 108 Å². The molecule has 0 bridgehead atoms. The zero-order valence-electron chi connectivity index (χ0n) is 23.5. The van der Waals surface area contributed by atoms with Gasteiger partial charge in [0, 0.05) is 68.7 Å². The van der Waals surface area contributed by atoms with Crippen LogP contribution in [0.5, 0.6) is 0 Å². The number of aryl methyl sites for hydroxylation is 5. The molecule has 0 atom stereocenters. The van der Waals surface area contributed by atoms with E-state index in [1.165, 1.54) is 17.6 Å². The van der Waals surface area contributed by atoms with Gasteiger partial charge in [-0.25, -0.2) is 19.9 Å². The molecule has 0 saturated carbocycles. The molecule has 1 aliphatic heterocycles. The van der Waals surface area contributed by atoms with E-state index in [4.69, 9.17) is 4.74 Å². The summed E-state index contributed by atoms with van der Waals surface area (Å²) in [6, 6.07) is 3.66. The molecule has 0 spiro atoms. The van der Waals surface area contributed by atoms with Crippen molar-refractivity contribution < 1.29 is 4.74 Å². The van der Waals surface area contributed by atoms with Crippen molar-refractivity contribution in [2.24, 2.45) is 7.05 Å². The highest BCUT2D eigenvalue weighted by Gasteiger charge is 2.02. The first kappa shape index (κ1) is 31.4. The van der Waals surface area contributed by atoms with Gasteiger partial charge in [-0.05, 0) is 66.3 Å². The number of hydrogen-bond acceptors (Lipinski definition) is 9. The number of ether oxygens (including phenoxy) is 1. The van der Waals surface area contributed by atoms with E-state index in [9.17, 15) is 0 Å². The Kier molecular flexibility index (Phi) is 15.8. The Morgan fingerprint density at radius 3 is 1.65 bits per heavy atom. The van der Waals surface area contributed by atoms with E-state index in [-0.39, 0.29) is 0 Å². The number of rotatable bonds is 0. The summed E-state index contributed by atoms with van der Waals surface area (Å²) in [5.74, 6) is 0.822. The van der Waals surface area contributed by atoms with Crippen molar-refractivity contribution in [1.82, 2.24) is 44.6 Å². The Balaban J connectivity index is 0.000000232. The molecule has 0 aromatic carbocycles. The first-order chi connectivity index (χ1) is 17.7. The van der Waals surface area contributed by atoms with E-state index in [2.05, 4.69) is 60.8 Å². The molecule has 5 rings (SSSR count). The minimum atomic E-state index is 0.822. The summed E-state index contributed by atoms with van der Waals surface area (Å²) in [7, 11) is 4.08. The van der Waals surface area contributed by atoms with Crippen LogP contribution in [0.2, 0.25) is 0 Å². The van der Waals surface area contributed by atoms with E-state index in [0.717, 1.165) is 49.2 Å². The predicted octanol–water partition coefficient (Wildman–Crippen LogP) is 3.65. The highest BCUT2D eigenvalue weighted by atomic mass is 16.5. The zero-order valence-corrected chi connectivity index (χ0v) is 23.5. The maximum atomic E-state index is 5.10. The van der Waals surface area contributed by atoms with Gasteiger partial charge in [0.25, 0.3) is 0 Å². The lowest BCUT2D eigenvalue weighted by Crippen LogP contribution is -2.32. The van der Waals surface area contributed by atoms with Crippen LogP contribution in [0.15, 0.2) is 55.6 Å². The van der Waals surface area contributed by atoms with Crippen LogP contribution in [0.4, 0.5) is 0 Å². The van der Waals surface area contributed by atoms with Crippen molar-refractivity contribution in [2.45, 2.75) is 41.5 Å². The van der Waals surface area contributed by atoms with Gasteiger partial charge in [-0.2, -0.15) is 5.10 Å². The fraction of sp³-hybridized carbons (Fsp3) is 0.444. The molecule has 4 aromatic heterocycles. The second-order valence-corrected chi connectivity index (χ2v) is 8.33. The lowest BCUT2D eigenvalue weighted by molar-refractivity contribution is 0.0503. The van der Waals surface area contributed by atoms with Crippen LogP contribution >= 0.6 is 0 Å². The quantitative estimate of drug-likeness (QED) is 0.352. The molecular weight excluding hydrogens is 466 g/mol. The van der Waals surface area contributed by atoms with Gasteiger partial charge in [-0.15, -0.1) is 0 Å². The third kappa shape index (κ3) is 15.2. The zero-order chi connectivity index (χ0) is 27.5. The Labute approximate surface area is 221 Å². The molecule has 0 amide bonds. The van der Waals surface area contributed by atoms with Crippen molar-refractivity contribution in [1.29, 1.82) is 0 Å². The van der Waals surface area contributed by atoms with E-state index < -0.39 is 0 Å². The normalized spacial score (nSPS) is 12.2. The maximum Gasteiger partial charge on any atom is 0.125 e. The molecule has 0 unspecified atom stereocenters. The summed E-state index contributed by atoms with van der Waals surface area (Å²) in [5.41, 5.74) is 5.66. The van der Waals surface area contributed by atoms with Crippen molar-refractivity contribution in [3.05, 3.63) is 89.8 Å². The molecule has 10 nitrogen and oxygen atoms in total. The molecule has 0 aliphatic carbocycles. The molecule has 0 N–H and O–H groups in total. The number of aromatic nitrogens is 8. The Bertz CT molecular complexity index is 973. The average molecular weight is 508 g/mol. The van der Waals surface area contributed by atoms with Crippen LogP contribution in [0.3, 0.4) is 0 Å². The van der Waals surface area contributed by atoms with E-state index >= 15 is 0 Å². The van der Waals surface area contributed by atoms with Crippen LogP contribution in [-0.2, 0) is 11.8 Å². The minimum Gasteiger partial charge on any atom is -0.379 e. The molecule has 1 fully saturated rings. The molecular formula is C27H41N9O. The summed E-state index contributed by atoms with van der Waals surface area (Å²) >= 11 is 0. The largest absolute Gasteiger partial charge is 0.379 e. The van der Waals surface area contributed by atoms with Crippen LogP contribution in [-0.4, -0.2) is 77.9 Å². The molecule has 4 aromatic rings. The standard InChI is InChI=1S/C7H12N2.3C5H6N2.C5H11NO/c1-5-6(2)8-9(4)7(5)3;1-5-4-6-2-3-7-5;1-5-2-3-6-4-7-5;1-5-6-3-2-4-7-5;1-6-2-4-7-5-3-6/h1-4H3;3*2-4H,1H3;2-5H2,1H3. The Morgan fingerprint density at radius 2 is 1.41 bits per heavy atom. The summed E-state index contributed by atoms with van der Waals surface area (Å²) in [4.78, 5) is 25.3. The van der Waals surface area contributed by atoms with Crippen LogP contribution < -0.4 is 0 Å². The van der Waals surface area contributed by atoms with E-state index in [1.807, 2.05) is 45.5 Å². The molecule has 1 saturated heterocycles. The van der Waals surface area contributed by atoms with Crippen LogP contribution in [0.1, 0.15) is 34.2 Å². The lowest BCUT2D eigenvalue weighted by Gasteiger charge is -2.21. The van der Waals surface area contributed by atoms with E-state index in [1.54, 1.807) is 43.2 Å². The number of hydrogen-bond donors (Lipinski definition) is 0. The van der Waals surface area contributed by atoms with Gasteiger partial charge < -0.3 is 9.64 Å². The summed E-state index contributed by atoms with van der Waals surface area (Å²) in [5, 5.41) is 4.23. The molecule has 0 radical (unpaired) electrons. The maximum absolute atomic E-state index is 5.10. The minimum absolute atomic E-state index is 0.822. The van der Waals surface area contributed by atoms with Crippen molar-refractivity contribution >= 4 is 0 Å². The Hall–Kier alpha value is -3.63. The predicted molar refractivity (Wildman–Crippen MR) is 146 cm³/mol. The second kappa shape index (κ2) is 18.6. The van der Waals surface area contributed by atoms with Gasteiger partial charge in [0.1, 0.15) is 12.2 Å². The fourth-order valence-electron chi connectivity index (χ4n) is 2.64. The summed E-state index contributed by atoms with van der Waals surface area (Å²) in [6.07, 6.45) is 11.8. The first-order valence-electron chi connectivity index (χ1n) is 12.1. The van der Waals surface area contributed by atoms with Crippen molar-refractivity contribution in [2.75, 3.05) is 33.4 Å². The third-order valence-electron chi connectivity index (χ3n) is 5.22. The SMILES string of the molecule is CN1CCOCC1.Cc1ccncn1.Cc1cnccn1.Cc1ncccn1.Cc1nn(C)c(C)c1C. The molecule has 10 heteroatoms. The van der Waals surface area contributed by atoms with Gasteiger partial charge in [0.05, 0.1) is 24.6 Å². The first-order valence-corrected chi connectivity index (χ1v) is 12.1. The van der Waals surface area contributed by atoms with Crippen molar-refractivity contribution in [3.63, 3.8) is 0 Å². The smallest absolute Gasteiger partial charge is 0.125 e. The highest BCUT2D eigenvalue weighted by Crippen LogP contribution is 2.08. The summed E-state index contributed by atoms with van der Waals surface area (Å²) in [6.45, 7) is 15.9. The molecule has 1 aliphatic rings. The van der Waals surface area contributed by atoms with Gasteiger partial charge in [-0.1, -0.05) is 0 Å². The molecule has 200 valence electrons. The average Bonchev–Trinajstić information content (AvgIpc) is 3.12. The number of morpholine rings is 1. The van der Waals surface area contributed by atoms with Gasteiger partial charge in [0.15, 0.2) is 0 Å². The van der Waals surface area contributed by atoms with Crippen molar-refractivity contribution in [3.8, 4) is 0 Å². The second-order valence-electron chi connectivity index (χ2n) is 8.33. The number of likely N-dealkylation sites (N-methyl/N-ethyl adjacent to an activating group) is 1. The van der Waals surface area contributed by atoms with Gasteiger partial charge in [-0.3, -0.25) is 14.6 Å². The van der Waals surface area contributed by atoms with Crippen LogP contribution in [0.25, 0.3) is 0 Å². The third-order valence-corrected chi connectivity index (χ3v) is 5.22. The van der Waals surface area contributed by atoms with E-state index in [0.29, 0.717) is 0 Å². The molecule has 37 heavy (non-hydrogen) atoms.